The topological polar surface area (TPSA) is 66.8 Å². The Bertz CT molecular complexity index is 419. The number of isocyanates is 1. The van der Waals surface area contributed by atoms with Gasteiger partial charge in [0.1, 0.15) is 6.17 Å². The predicted octanol–water partition coefficient (Wildman–Crippen LogP) is 1.90. The summed E-state index contributed by atoms with van der Waals surface area (Å²) in [4.78, 5) is 14.0. The van der Waals surface area contributed by atoms with E-state index in [1.54, 1.807) is 0 Å². The van der Waals surface area contributed by atoms with Crippen molar-refractivity contribution in [3.63, 3.8) is 0 Å². The number of hydrogen-bond donors (Lipinski definition) is 0. The number of carbonyl (C=O) groups excluding carboxylic acids is 1. The normalized spacial score (nSPS) is 22.5. The molecule has 1 atom stereocenters. The smallest absolute Gasteiger partial charge is 0.212 e. The maximum atomic E-state index is 12.3. The van der Waals surface area contributed by atoms with E-state index in [9.17, 15) is 13.2 Å². The van der Waals surface area contributed by atoms with Crippen molar-refractivity contribution in [2.24, 2.45) is 10.4 Å². The molecule has 5 nitrogen and oxygen atoms in total. The lowest BCUT2D eigenvalue weighted by Crippen LogP contribution is -2.44. The van der Waals surface area contributed by atoms with Gasteiger partial charge >= 0.3 is 0 Å². The van der Waals surface area contributed by atoms with Gasteiger partial charge in [0.2, 0.25) is 16.1 Å². The molecular weight excluding hydrogens is 252 g/mol. The van der Waals surface area contributed by atoms with Crippen LogP contribution in [-0.2, 0) is 14.8 Å². The highest BCUT2D eigenvalue weighted by Crippen LogP contribution is 2.25. The minimum Gasteiger partial charge on any atom is -0.212 e. The van der Waals surface area contributed by atoms with E-state index < -0.39 is 16.2 Å². The van der Waals surface area contributed by atoms with Crippen LogP contribution in [0.1, 0.15) is 46.5 Å². The maximum Gasteiger partial charge on any atom is 0.236 e. The van der Waals surface area contributed by atoms with Crippen LogP contribution in [-0.4, -0.2) is 37.3 Å². The summed E-state index contributed by atoms with van der Waals surface area (Å²) in [6, 6.07) is 0. The summed E-state index contributed by atoms with van der Waals surface area (Å²) in [5, 5.41) is 0. The molecule has 0 saturated carbocycles. The zero-order chi connectivity index (χ0) is 13.8. The molecule has 1 saturated heterocycles. The van der Waals surface area contributed by atoms with Crippen LogP contribution in [0.4, 0.5) is 0 Å². The van der Waals surface area contributed by atoms with Crippen LogP contribution in [0.15, 0.2) is 4.99 Å². The minimum atomic E-state index is -3.33. The van der Waals surface area contributed by atoms with Gasteiger partial charge in [-0.05, 0) is 31.1 Å². The fourth-order valence-electron chi connectivity index (χ4n) is 1.95. The van der Waals surface area contributed by atoms with Crippen LogP contribution in [0.3, 0.4) is 0 Å². The van der Waals surface area contributed by atoms with Crippen molar-refractivity contribution in [3.8, 4) is 0 Å². The quantitative estimate of drug-likeness (QED) is 0.581. The fraction of sp³-hybridized carbons (Fsp3) is 0.917. The second-order valence-electron chi connectivity index (χ2n) is 5.93. The molecule has 1 aliphatic rings. The van der Waals surface area contributed by atoms with E-state index in [-0.39, 0.29) is 11.2 Å². The summed E-state index contributed by atoms with van der Waals surface area (Å²) in [7, 11) is -3.33. The van der Waals surface area contributed by atoms with Gasteiger partial charge in [-0.25, -0.2) is 13.2 Å². The molecule has 1 heterocycles. The molecule has 6 heteroatoms. The summed E-state index contributed by atoms with van der Waals surface area (Å²) >= 11 is 0. The molecule has 0 aromatic heterocycles. The number of sulfonamides is 1. The Balaban J connectivity index is 2.78. The third-order valence-electron chi connectivity index (χ3n) is 3.09. The Labute approximate surface area is 109 Å². The fourth-order valence-corrected chi connectivity index (χ4v) is 3.99. The molecule has 0 radical (unpaired) electrons. The Morgan fingerprint density at radius 1 is 1.33 bits per heavy atom. The Morgan fingerprint density at radius 3 is 2.56 bits per heavy atom. The zero-order valence-electron chi connectivity index (χ0n) is 11.3. The molecule has 0 bridgehead atoms. The molecule has 1 aliphatic heterocycles. The highest BCUT2D eigenvalue weighted by atomic mass is 32.2. The lowest BCUT2D eigenvalue weighted by atomic mass is 9.94. The van der Waals surface area contributed by atoms with Gasteiger partial charge in [0.25, 0.3) is 0 Å². The SMILES string of the molecule is CC(C)(C)CCS(=O)(=O)N1CCCCC1N=C=O. The molecule has 0 aromatic carbocycles. The second-order valence-corrected chi connectivity index (χ2v) is 7.98. The summed E-state index contributed by atoms with van der Waals surface area (Å²) in [6.45, 7) is 6.50. The van der Waals surface area contributed by atoms with Crippen LogP contribution in [0.25, 0.3) is 0 Å². The second kappa shape index (κ2) is 5.95. The molecule has 0 spiro atoms. The molecule has 0 aliphatic carbocycles. The first-order chi connectivity index (χ1) is 8.26. The predicted molar refractivity (Wildman–Crippen MR) is 70.3 cm³/mol. The van der Waals surface area contributed by atoms with Gasteiger partial charge in [-0.3, -0.25) is 0 Å². The van der Waals surface area contributed by atoms with E-state index >= 15 is 0 Å². The Morgan fingerprint density at radius 2 is 2.00 bits per heavy atom. The Hall–Kier alpha value is -0.710. The standard InChI is InChI=1S/C12H22N2O3S/c1-12(2,3)7-9-18(16,17)14-8-5-4-6-11(14)13-10-15/h11H,4-9H2,1-3H3. The first kappa shape index (κ1) is 15.3. The van der Waals surface area contributed by atoms with E-state index in [4.69, 9.17) is 0 Å². The summed E-state index contributed by atoms with van der Waals surface area (Å²) < 4.78 is 25.9. The summed E-state index contributed by atoms with van der Waals surface area (Å²) in [5.74, 6) is 0.112. The van der Waals surface area contributed by atoms with Crippen LogP contribution < -0.4 is 0 Å². The van der Waals surface area contributed by atoms with E-state index in [0.717, 1.165) is 12.8 Å². The van der Waals surface area contributed by atoms with Crippen molar-refractivity contribution >= 4 is 16.1 Å². The number of rotatable bonds is 4. The van der Waals surface area contributed by atoms with Crippen molar-refractivity contribution in [1.29, 1.82) is 0 Å². The minimum absolute atomic E-state index is 0.0215. The van der Waals surface area contributed by atoms with Crippen molar-refractivity contribution in [2.45, 2.75) is 52.6 Å². The van der Waals surface area contributed by atoms with Crippen LogP contribution in [0, 0.1) is 5.41 Å². The number of nitrogens with zero attached hydrogens (tertiary/aromatic N) is 2. The highest BCUT2D eigenvalue weighted by Gasteiger charge is 2.32. The number of piperidine rings is 1. The zero-order valence-corrected chi connectivity index (χ0v) is 12.2. The third kappa shape index (κ3) is 4.52. The molecule has 0 N–H and O–H groups in total. The molecule has 1 unspecified atom stereocenters. The molecule has 1 rings (SSSR count). The Kier molecular flexibility index (Phi) is 5.08. The number of hydrogen-bond acceptors (Lipinski definition) is 4. The monoisotopic (exact) mass is 274 g/mol. The van der Waals surface area contributed by atoms with Crippen LogP contribution in [0.5, 0.6) is 0 Å². The summed E-state index contributed by atoms with van der Waals surface area (Å²) in [6.07, 6.45) is 3.89. The van der Waals surface area contributed by atoms with Crippen molar-refractivity contribution < 1.29 is 13.2 Å². The third-order valence-corrected chi connectivity index (χ3v) is 4.95. The van der Waals surface area contributed by atoms with E-state index in [0.29, 0.717) is 19.4 Å². The number of aliphatic imine (C=N–C) groups is 1. The summed E-state index contributed by atoms with van der Waals surface area (Å²) in [5.41, 5.74) is -0.0215. The molecule has 0 aromatic rings. The van der Waals surface area contributed by atoms with Crippen molar-refractivity contribution in [1.82, 2.24) is 4.31 Å². The van der Waals surface area contributed by atoms with Gasteiger partial charge in [-0.15, -0.1) is 0 Å². The molecule has 1 fully saturated rings. The average Bonchev–Trinajstić information content (AvgIpc) is 2.27. The van der Waals surface area contributed by atoms with Crippen molar-refractivity contribution in [3.05, 3.63) is 0 Å². The van der Waals surface area contributed by atoms with Gasteiger partial charge in [0, 0.05) is 6.54 Å². The van der Waals surface area contributed by atoms with E-state index in [1.165, 1.54) is 10.4 Å². The lowest BCUT2D eigenvalue weighted by Gasteiger charge is -2.32. The van der Waals surface area contributed by atoms with E-state index in [2.05, 4.69) is 4.99 Å². The molecule has 18 heavy (non-hydrogen) atoms. The average molecular weight is 274 g/mol. The van der Waals surface area contributed by atoms with Gasteiger partial charge in [0.05, 0.1) is 5.75 Å². The largest absolute Gasteiger partial charge is 0.236 e. The molecule has 104 valence electrons. The van der Waals surface area contributed by atoms with Crippen LogP contribution >= 0.6 is 0 Å². The first-order valence-corrected chi connectivity index (χ1v) is 7.94. The molecule has 0 amide bonds. The van der Waals surface area contributed by atoms with E-state index in [1.807, 2.05) is 20.8 Å². The van der Waals surface area contributed by atoms with Crippen LogP contribution in [0.2, 0.25) is 0 Å². The van der Waals surface area contributed by atoms with Gasteiger partial charge in [-0.1, -0.05) is 20.8 Å². The lowest BCUT2D eigenvalue weighted by molar-refractivity contribution is 0.257. The van der Waals surface area contributed by atoms with Gasteiger partial charge in [-0.2, -0.15) is 9.30 Å². The van der Waals surface area contributed by atoms with Crippen molar-refractivity contribution in [2.75, 3.05) is 12.3 Å². The van der Waals surface area contributed by atoms with Gasteiger partial charge in [0.15, 0.2) is 0 Å². The highest BCUT2D eigenvalue weighted by molar-refractivity contribution is 7.89. The molecular formula is C12H22N2O3S. The first-order valence-electron chi connectivity index (χ1n) is 6.33. The maximum absolute atomic E-state index is 12.3. The van der Waals surface area contributed by atoms with Gasteiger partial charge < -0.3 is 0 Å².